The number of amides is 1. The van der Waals surface area contributed by atoms with E-state index in [-0.39, 0.29) is 12.2 Å². The van der Waals surface area contributed by atoms with Crippen molar-refractivity contribution < 1.29 is 40.3 Å². The van der Waals surface area contributed by atoms with E-state index in [4.69, 9.17) is 4.74 Å². The zero-order chi connectivity index (χ0) is 27.7. The van der Waals surface area contributed by atoms with Crippen LogP contribution in [0.25, 0.3) is 11.4 Å². The first-order valence-electron chi connectivity index (χ1n) is 11.3. The summed E-state index contributed by atoms with van der Waals surface area (Å²) in [6.45, 7) is -0.171. The Bertz CT molecular complexity index is 1370. The summed E-state index contributed by atoms with van der Waals surface area (Å²) in [6.07, 6.45) is -9.70. The van der Waals surface area contributed by atoms with Gasteiger partial charge in [0.15, 0.2) is 5.69 Å². The van der Waals surface area contributed by atoms with Crippen molar-refractivity contribution in [2.24, 2.45) is 5.92 Å². The van der Waals surface area contributed by atoms with Crippen LogP contribution in [0.1, 0.15) is 35.2 Å². The second kappa shape index (κ2) is 10.6. The fourth-order valence-electron chi connectivity index (χ4n) is 3.98. The van der Waals surface area contributed by atoms with E-state index in [2.05, 4.69) is 10.3 Å². The Morgan fingerprint density at radius 1 is 1.03 bits per heavy atom. The Hall–Kier alpha value is -3.74. The standard InChI is InChI=1S/C25H20F7N3O3/c26-21-14(11-33-23(37)15-8-16(9-15)38-12-13-4-2-1-3-5-13)6-7-17(24(27,28)29)20(21)22-34-18(25(30,31)32)10-19(36)35-22/h1-7,10,15-16H,8-9,11-12H2,(H,33,37)(H,34,35,36)/t15-,16-. The summed E-state index contributed by atoms with van der Waals surface area (Å²) in [4.78, 5) is 28.9. The number of nitrogens with one attached hydrogen (secondary N) is 2. The van der Waals surface area contributed by atoms with Gasteiger partial charge in [-0.25, -0.2) is 9.37 Å². The number of hydrogen-bond donors (Lipinski definition) is 2. The van der Waals surface area contributed by atoms with Crippen LogP contribution in [-0.2, 0) is 35.0 Å². The van der Waals surface area contributed by atoms with Crippen molar-refractivity contribution in [1.29, 1.82) is 0 Å². The summed E-state index contributed by atoms with van der Waals surface area (Å²) >= 11 is 0. The predicted octanol–water partition coefficient (Wildman–Crippen LogP) is 5.23. The summed E-state index contributed by atoms with van der Waals surface area (Å²) in [5, 5.41) is 2.43. The Morgan fingerprint density at radius 2 is 1.71 bits per heavy atom. The molecule has 202 valence electrons. The van der Waals surface area contributed by atoms with E-state index < -0.39 is 70.3 Å². The van der Waals surface area contributed by atoms with E-state index in [1.807, 2.05) is 30.3 Å². The highest BCUT2D eigenvalue weighted by Gasteiger charge is 2.39. The van der Waals surface area contributed by atoms with Crippen molar-refractivity contribution in [3.05, 3.63) is 87.1 Å². The van der Waals surface area contributed by atoms with Gasteiger partial charge in [-0.2, -0.15) is 26.3 Å². The van der Waals surface area contributed by atoms with Gasteiger partial charge < -0.3 is 15.0 Å². The zero-order valence-corrected chi connectivity index (χ0v) is 19.4. The van der Waals surface area contributed by atoms with Crippen LogP contribution in [0.3, 0.4) is 0 Å². The van der Waals surface area contributed by atoms with E-state index in [0.717, 1.165) is 11.6 Å². The monoisotopic (exact) mass is 543 g/mol. The highest BCUT2D eigenvalue weighted by Crippen LogP contribution is 2.39. The van der Waals surface area contributed by atoms with Gasteiger partial charge in [0.1, 0.15) is 11.6 Å². The smallest absolute Gasteiger partial charge is 0.373 e. The van der Waals surface area contributed by atoms with Crippen LogP contribution in [0.4, 0.5) is 30.7 Å². The predicted molar refractivity (Wildman–Crippen MR) is 120 cm³/mol. The molecule has 0 saturated heterocycles. The summed E-state index contributed by atoms with van der Waals surface area (Å²) in [5.74, 6) is -3.73. The second-order valence-electron chi connectivity index (χ2n) is 8.74. The van der Waals surface area contributed by atoms with E-state index in [1.165, 1.54) is 0 Å². The number of H-pyrrole nitrogens is 1. The number of aromatic amines is 1. The number of aromatic nitrogens is 2. The first-order chi connectivity index (χ1) is 17.8. The lowest BCUT2D eigenvalue weighted by molar-refractivity contribution is -0.141. The van der Waals surface area contributed by atoms with Crippen molar-refractivity contribution >= 4 is 5.91 Å². The molecule has 1 aliphatic rings. The van der Waals surface area contributed by atoms with Gasteiger partial charge in [-0.15, -0.1) is 0 Å². The molecule has 1 heterocycles. The normalized spacial score (nSPS) is 17.7. The molecule has 0 aliphatic heterocycles. The van der Waals surface area contributed by atoms with E-state index in [9.17, 15) is 35.9 Å². The first-order valence-corrected chi connectivity index (χ1v) is 11.3. The van der Waals surface area contributed by atoms with Crippen LogP contribution in [0.5, 0.6) is 0 Å². The molecule has 0 radical (unpaired) electrons. The minimum absolute atomic E-state index is 0.0498. The SMILES string of the molecule is O=c1cc(C(F)(F)F)nc(-c2c(C(F)(F)F)ccc(CNC(=O)[C@H]3C[C@H](OCc4ccccc4)C3)c2F)[nH]1. The van der Waals surface area contributed by atoms with Crippen LogP contribution < -0.4 is 10.9 Å². The lowest BCUT2D eigenvalue weighted by Gasteiger charge is -2.34. The van der Waals surface area contributed by atoms with Gasteiger partial charge in [0.05, 0.1) is 23.8 Å². The maximum atomic E-state index is 15.3. The van der Waals surface area contributed by atoms with Crippen LogP contribution in [0, 0.1) is 11.7 Å². The molecule has 6 nitrogen and oxygen atoms in total. The molecule has 1 saturated carbocycles. The van der Waals surface area contributed by atoms with Crippen LogP contribution in [0.15, 0.2) is 53.3 Å². The summed E-state index contributed by atoms with van der Waals surface area (Å²) in [7, 11) is 0. The maximum absolute atomic E-state index is 15.3. The number of alkyl halides is 6. The third-order valence-corrected chi connectivity index (χ3v) is 6.04. The fourth-order valence-corrected chi connectivity index (χ4v) is 3.98. The number of carbonyl (C=O) groups is 1. The van der Waals surface area contributed by atoms with Crippen LogP contribution in [0.2, 0.25) is 0 Å². The third-order valence-electron chi connectivity index (χ3n) is 6.04. The van der Waals surface area contributed by atoms with Gasteiger partial charge in [0.2, 0.25) is 5.91 Å². The fraction of sp³-hybridized carbons (Fsp3) is 0.320. The summed E-state index contributed by atoms with van der Waals surface area (Å²) < 4.78 is 101. The second-order valence-corrected chi connectivity index (χ2v) is 8.74. The van der Waals surface area contributed by atoms with Gasteiger partial charge in [-0.05, 0) is 24.5 Å². The number of benzene rings is 2. The van der Waals surface area contributed by atoms with E-state index in [1.54, 1.807) is 4.98 Å². The Labute approximate surface area is 210 Å². The third kappa shape index (κ3) is 6.21. The minimum Gasteiger partial charge on any atom is -0.373 e. The maximum Gasteiger partial charge on any atom is 0.433 e. The molecule has 0 bridgehead atoms. The van der Waals surface area contributed by atoms with Crippen molar-refractivity contribution in [3.63, 3.8) is 0 Å². The van der Waals surface area contributed by atoms with Gasteiger partial charge in [0, 0.05) is 24.1 Å². The number of carbonyl (C=O) groups excluding carboxylic acids is 1. The zero-order valence-electron chi connectivity index (χ0n) is 19.4. The first kappa shape index (κ1) is 27.3. The molecule has 0 unspecified atom stereocenters. The molecule has 38 heavy (non-hydrogen) atoms. The van der Waals surface area contributed by atoms with Gasteiger partial charge in [-0.1, -0.05) is 36.4 Å². The molecule has 2 N–H and O–H groups in total. The topological polar surface area (TPSA) is 84.1 Å². The van der Waals surface area contributed by atoms with E-state index in [0.29, 0.717) is 25.5 Å². The van der Waals surface area contributed by atoms with Gasteiger partial charge >= 0.3 is 12.4 Å². The lowest BCUT2D eigenvalue weighted by Crippen LogP contribution is -2.42. The van der Waals surface area contributed by atoms with E-state index >= 15 is 4.39 Å². The Kier molecular flexibility index (Phi) is 7.58. The van der Waals surface area contributed by atoms with Gasteiger partial charge in [-0.3, -0.25) is 9.59 Å². The molecule has 1 aromatic heterocycles. The number of ether oxygens (including phenoxy) is 1. The molecule has 13 heteroatoms. The minimum atomic E-state index is -5.18. The number of hydrogen-bond acceptors (Lipinski definition) is 4. The van der Waals surface area contributed by atoms with Crippen LogP contribution >= 0.6 is 0 Å². The molecule has 1 fully saturated rings. The largest absolute Gasteiger partial charge is 0.433 e. The molecular weight excluding hydrogens is 523 g/mol. The average Bonchev–Trinajstić information content (AvgIpc) is 2.81. The molecule has 1 aliphatic carbocycles. The molecule has 0 spiro atoms. The van der Waals surface area contributed by atoms with Crippen LogP contribution in [-0.4, -0.2) is 22.0 Å². The molecule has 2 aromatic carbocycles. The molecule has 4 rings (SSSR count). The number of nitrogens with zero attached hydrogens (tertiary/aromatic N) is 1. The van der Waals surface area contributed by atoms with Gasteiger partial charge in [0.25, 0.3) is 5.56 Å². The van der Waals surface area contributed by atoms with Crippen molar-refractivity contribution in [2.45, 2.75) is 44.4 Å². The lowest BCUT2D eigenvalue weighted by atomic mass is 9.81. The summed E-state index contributed by atoms with van der Waals surface area (Å²) in [5.41, 5.74) is -5.65. The highest BCUT2D eigenvalue weighted by molar-refractivity contribution is 5.79. The Balaban J connectivity index is 1.48. The molecular formula is C25H20F7N3O3. The molecule has 3 aromatic rings. The molecule has 1 amide bonds. The van der Waals surface area contributed by atoms with Crippen molar-refractivity contribution in [3.8, 4) is 11.4 Å². The number of rotatable bonds is 7. The molecule has 0 atom stereocenters. The van der Waals surface area contributed by atoms with Crippen molar-refractivity contribution in [1.82, 2.24) is 15.3 Å². The number of halogens is 7. The summed E-state index contributed by atoms with van der Waals surface area (Å²) in [6, 6.07) is 10.6. The van der Waals surface area contributed by atoms with Crippen molar-refractivity contribution in [2.75, 3.05) is 0 Å². The average molecular weight is 543 g/mol. The quantitative estimate of drug-likeness (QED) is 0.400. The Morgan fingerprint density at radius 3 is 2.34 bits per heavy atom. The highest BCUT2D eigenvalue weighted by atomic mass is 19.4.